The van der Waals surface area contributed by atoms with Gasteiger partial charge in [-0.1, -0.05) is 11.6 Å². The van der Waals surface area contributed by atoms with Crippen LogP contribution in [0.25, 0.3) is 0 Å². The van der Waals surface area contributed by atoms with Gasteiger partial charge in [-0.15, -0.1) is 0 Å². The molecule has 1 aliphatic carbocycles. The summed E-state index contributed by atoms with van der Waals surface area (Å²) in [6.07, 6.45) is 1.90. The number of rotatable bonds is 3. The van der Waals surface area contributed by atoms with Gasteiger partial charge in [0, 0.05) is 12.0 Å². The molecule has 2 nitrogen and oxygen atoms in total. The first kappa shape index (κ1) is 10.7. The molecule has 0 saturated heterocycles. The number of aliphatic hydroxyl groups is 1. The SMILES string of the molecule is COc1c(Cl)cc(F)cc1CC1(O)CC1. The second-order valence-electron chi connectivity index (χ2n) is 3.98. The van der Waals surface area contributed by atoms with E-state index in [9.17, 15) is 9.50 Å². The number of methoxy groups -OCH3 is 1. The number of hydrogen-bond donors (Lipinski definition) is 1. The second-order valence-corrected chi connectivity index (χ2v) is 4.39. The average molecular weight is 231 g/mol. The number of hydrogen-bond acceptors (Lipinski definition) is 2. The maximum atomic E-state index is 13.1. The molecule has 1 N–H and O–H groups in total. The Morgan fingerprint density at radius 2 is 2.20 bits per heavy atom. The Morgan fingerprint density at radius 1 is 1.53 bits per heavy atom. The van der Waals surface area contributed by atoms with Crippen LogP contribution in [0, 0.1) is 5.82 Å². The summed E-state index contributed by atoms with van der Waals surface area (Å²) in [5, 5.41) is 10.0. The monoisotopic (exact) mass is 230 g/mol. The first-order valence-corrected chi connectivity index (χ1v) is 5.16. The Hall–Kier alpha value is -0.800. The molecule has 15 heavy (non-hydrogen) atoms. The lowest BCUT2D eigenvalue weighted by Crippen LogP contribution is -2.12. The van der Waals surface area contributed by atoms with Crippen molar-refractivity contribution in [1.29, 1.82) is 0 Å². The van der Waals surface area contributed by atoms with Crippen molar-refractivity contribution in [3.8, 4) is 5.75 Å². The fraction of sp³-hybridized carbons (Fsp3) is 0.455. The van der Waals surface area contributed by atoms with Crippen LogP contribution in [0.15, 0.2) is 12.1 Å². The van der Waals surface area contributed by atoms with Gasteiger partial charge in [0.1, 0.15) is 11.6 Å². The topological polar surface area (TPSA) is 29.5 Å². The van der Waals surface area contributed by atoms with Crippen molar-refractivity contribution < 1.29 is 14.2 Å². The zero-order valence-electron chi connectivity index (χ0n) is 8.39. The molecule has 0 aromatic heterocycles. The summed E-state index contributed by atoms with van der Waals surface area (Å²) in [6, 6.07) is 2.57. The number of halogens is 2. The summed E-state index contributed by atoms with van der Waals surface area (Å²) in [7, 11) is 1.49. The highest BCUT2D eigenvalue weighted by atomic mass is 35.5. The van der Waals surface area contributed by atoms with E-state index in [1.165, 1.54) is 19.2 Å². The van der Waals surface area contributed by atoms with Crippen molar-refractivity contribution in [3.63, 3.8) is 0 Å². The van der Waals surface area contributed by atoms with Gasteiger partial charge in [0.15, 0.2) is 0 Å². The van der Waals surface area contributed by atoms with E-state index < -0.39 is 11.4 Å². The van der Waals surface area contributed by atoms with Gasteiger partial charge in [-0.05, 0) is 25.0 Å². The van der Waals surface area contributed by atoms with Crippen LogP contribution in [0.5, 0.6) is 5.75 Å². The minimum atomic E-state index is -0.676. The van der Waals surface area contributed by atoms with Gasteiger partial charge in [-0.3, -0.25) is 0 Å². The molecule has 82 valence electrons. The van der Waals surface area contributed by atoms with Crippen molar-refractivity contribution in [2.75, 3.05) is 7.11 Å². The first-order valence-electron chi connectivity index (χ1n) is 4.78. The van der Waals surface area contributed by atoms with Crippen LogP contribution in [-0.4, -0.2) is 17.8 Å². The normalized spacial score (nSPS) is 17.6. The molecule has 0 unspecified atom stereocenters. The van der Waals surface area contributed by atoms with Crippen molar-refractivity contribution in [2.45, 2.75) is 24.9 Å². The third-order valence-corrected chi connectivity index (χ3v) is 2.92. The van der Waals surface area contributed by atoms with Gasteiger partial charge >= 0.3 is 0 Å². The maximum Gasteiger partial charge on any atom is 0.140 e. The van der Waals surface area contributed by atoms with Gasteiger partial charge in [0.25, 0.3) is 0 Å². The Labute approximate surface area is 92.6 Å². The lowest BCUT2D eigenvalue weighted by molar-refractivity contribution is 0.150. The fourth-order valence-electron chi connectivity index (χ4n) is 1.65. The molecule has 1 saturated carbocycles. The lowest BCUT2D eigenvalue weighted by Gasteiger charge is -2.13. The van der Waals surface area contributed by atoms with Crippen molar-refractivity contribution in [3.05, 3.63) is 28.5 Å². The van der Waals surface area contributed by atoms with E-state index in [1.807, 2.05) is 0 Å². The summed E-state index contributed by atoms with van der Waals surface area (Å²) in [5.74, 6) is 0.0541. The van der Waals surface area contributed by atoms with Gasteiger partial charge < -0.3 is 9.84 Å². The summed E-state index contributed by atoms with van der Waals surface area (Å²) in [4.78, 5) is 0. The molecule has 0 spiro atoms. The van der Waals surface area contributed by atoms with Crippen LogP contribution in [0.2, 0.25) is 5.02 Å². The van der Waals surface area contributed by atoms with E-state index in [0.717, 1.165) is 12.8 Å². The van der Waals surface area contributed by atoms with Gasteiger partial charge in [-0.2, -0.15) is 0 Å². The minimum Gasteiger partial charge on any atom is -0.495 e. The zero-order valence-corrected chi connectivity index (χ0v) is 9.14. The van der Waals surface area contributed by atoms with Crippen molar-refractivity contribution in [2.24, 2.45) is 0 Å². The largest absolute Gasteiger partial charge is 0.495 e. The highest BCUT2D eigenvalue weighted by molar-refractivity contribution is 6.32. The molecule has 2 rings (SSSR count). The van der Waals surface area contributed by atoms with Crippen LogP contribution in [0.3, 0.4) is 0 Å². The van der Waals surface area contributed by atoms with Crippen LogP contribution < -0.4 is 4.74 Å². The highest BCUT2D eigenvalue weighted by Crippen LogP contribution is 2.41. The van der Waals surface area contributed by atoms with Crippen LogP contribution in [0.4, 0.5) is 4.39 Å². The Kier molecular flexibility index (Phi) is 2.61. The molecule has 1 aromatic rings. The molecule has 1 aromatic carbocycles. The van der Waals surface area contributed by atoms with Crippen molar-refractivity contribution in [1.82, 2.24) is 0 Å². The van der Waals surface area contributed by atoms with Gasteiger partial charge in [-0.25, -0.2) is 4.39 Å². The summed E-state index contributed by atoms with van der Waals surface area (Å²) >= 11 is 5.84. The van der Waals surface area contributed by atoms with E-state index in [2.05, 4.69) is 0 Å². The smallest absolute Gasteiger partial charge is 0.140 e. The van der Waals surface area contributed by atoms with E-state index in [4.69, 9.17) is 16.3 Å². The van der Waals surface area contributed by atoms with Crippen LogP contribution in [-0.2, 0) is 6.42 Å². The third kappa shape index (κ3) is 2.24. The molecule has 1 aliphatic rings. The number of benzene rings is 1. The zero-order chi connectivity index (χ0) is 11.1. The Morgan fingerprint density at radius 3 is 2.73 bits per heavy atom. The first-order chi connectivity index (χ1) is 7.04. The van der Waals surface area contributed by atoms with Crippen molar-refractivity contribution >= 4 is 11.6 Å². The van der Waals surface area contributed by atoms with E-state index in [-0.39, 0.29) is 5.02 Å². The molecular weight excluding hydrogens is 219 g/mol. The molecular formula is C11H12ClFO2. The quantitative estimate of drug-likeness (QED) is 0.865. The van der Waals surface area contributed by atoms with Gasteiger partial charge in [0.05, 0.1) is 17.7 Å². The van der Waals surface area contributed by atoms with E-state index in [1.54, 1.807) is 0 Å². The summed E-state index contributed by atoms with van der Waals surface area (Å²) < 4.78 is 18.2. The summed E-state index contributed by atoms with van der Waals surface area (Å²) in [5.41, 5.74) is -0.0489. The van der Waals surface area contributed by atoms with Crippen LogP contribution in [0.1, 0.15) is 18.4 Å². The molecule has 0 aliphatic heterocycles. The van der Waals surface area contributed by atoms with Crippen LogP contribution >= 0.6 is 11.6 Å². The predicted octanol–water partition coefficient (Wildman–Crippen LogP) is 2.56. The highest BCUT2D eigenvalue weighted by Gasteiger charge is 2.41. The Bertz CT molecular complexity index is 388. The maximum absolute atomic E-state index is 13.1. The molecule has 4 heteroatoms. The molecule has 0 bridgehead atoms. The fourth-order valence-corrected chi connectivity index (χ4v) is 1.95. The predicted molar refractivity (Wildman–Crippen MR) is 55.8 cm³/mol. The molecule has 0 amide bonds. The van der Waals surface area contributed by atoms with Gasteiger partial charge in [0.2, 0.25) is 0 Å². The standard InChI is InChI=1S/C11H12ClFO2/c1-15-10-7(6-11(14)2-3-11)4-8(13)5-9(10)12/h4-5,14H,2-3,6H2,1H3. The third-order valence-electron chi connectivity index (χ3n) is 2.64. The molecule has 0 heterocycles. The lowest BCUT2D eigenvalue weighted by atomic mass is 10.1. The average Bonchev–Trinajstić information content (AvgIpc) is 2.82. The minimum absolute atomic E-state index is 0.247. The Balaban J connectivity index is 2.35. The summed E-state index contributed by atoms with van der Waals surface area (Å²) in [6.45, 7) is 0. The molecule has 1 fully saturated rings. The second kappa shape index (κ2) is 3.65. The number of ether oxygens (including phenoxy) is 1. The van der Waals surface area contributed by atoms with E-state index in [0.29, 0.717) is 17.7 Å². The molecule has 0 radical (unpaired) electrons. The van der Waals surface area contributed by atoms with E-state index >= 15 is 0 Å². The molecule has 0 atom stereocenters.